The van der Waals surface area contributed by atoms with Gasteiger partial charge in [0.2, 0.25) is 5.91 Å². The van der Waals surface area contributed by atoms with Gasteiger partial charge in [-0.1, -0.05) is 30.7 Å². The minimum atomic E-state index is -0.573. The van der Waals surface area contributed by atoms with Gasteiger partial charge in [0.25, 0.3) is 0 Å². The van der Waals surface area contributed by atoms with E-state index in [1.54, 1.807) is 0 Å². The van der Waals surface area contributed by atoms with E-state index in [9.17, 15) is 14.9 Å². The normalized spacial score (nSPS) is 17.1. The third kappa shape index (κ3) is 3.56. The number of nitrogens with one attached hydrogen (secondary N) is 1. The van der Waals surface area contributed by atoms with E-state index >= 15 is 0 Å². The number of hydrogen-bond acceptors (Lipinski definition) is 4. The van der Waals surface area contributed by atoms with Crippen molar-refractivity contribution in [3.05, 3.63) is 57.8 Å². The Labute approximate surface area is 133 Å². The van der Waals surface area contributed by atoms with Crippen LogP contribution >= 0.6 is 0 Å². The second-order valence-electron chi connectivity index (χ2n) is 5.69. The number of aryl methyl sites for hydroxylation is 1. The van der Waals surface area contributed by atoms with E-state index in [1.807, 2.05) is 12.1 Å². The zero-order chi connectivity index (χ0) is 16.2. The Morgan fingerprint density at radius 3 is 2.96 bits per heavy atom. The first-order valence-electron chi connectivity index (χ1n) is 7.68. The Morgan fingerprint density at radius 1 is 1.35 bits per heavy atom. The van der Waals surface area contributed by atoms with Crippen molar-refractivity contribution >= 4 is 11.7 Å². The van der Waals surface area contributed by atoms with Gasteiger partial charge in [-0.2, -0.15) is 4.68 Å². The molecule has 1 unspecified atom stereocenters. The number of nitrogens with zero attached hydrogens (tertiary/aromatic N) is 3. The summed E-state index contributed by atoms with van der Waals surface area (Å²) in [5.74, 6) is -0.442. The van der Waals surface area contributed by atoms with Crippen LogP contribution in [0.4, 0.5) is 5.82 Å². The second-order valence-corrected chi connectivity index (χ2v) is 5.69. The zero-order valence-electron chi connectivity index (χ0n) is 12.6. The number of amides is 1. The first-order valence-corrected chi connectivity index (χ1v) is 7.68. The Kier molecular flexibility index (Phi) is 4.36. The lowest BCUT2D eigenvalue weighted by Gasteiger charge is -2.19. The Hall–Kier alpha value is -2.70. The van der Waals surface area contributed by atoms with Gasteiger partial charge in [-0.25, -0.2) is 0 Å². The summed E-state index contributed by atoms with van der Waals surface area (Å²) in [6, 6.07) is 9.45. The summed E-state index contributed by atoms with van der Waals surface area (Å²) in [7, 11) is 0. The average molecular weight is 314 g/mol. The molecule has 23 heavy (non-hydrogen) atoms. The highest BCUT2D eigenvalue weighted by atomic mass is 16.6. The molecule has 1 aliphatic rings. The molecule has 1 atom stereocenters. The predicted octanol–water partition coefficient (Wildman–Crippen LogP) is 2.38. The molecule has 0 saturated carbocycles. The summed E-state index contributed by atoms with van der Waals surface area (Å²) in [5.41, 5.74) is 2.45. The molecule has 1 heterocycles. The third-order valence-electron chi connectivity index (χ3n) is 4.07. The summed E-state index contributed by atoms with van der Waals surface area (Å²) >= 11 is 0. The van der Waals surface area contributed by atoms with Crippen molar-refractivity contribution in [3.8, 4) is 0 Å². The van der Waals surface area contributed by atoms with Gasteiger partial charge in [-0.3, -0.25) is 4.79 Å². The van der Waals surface area contributed by atoms with E-state index in [0.29, 0.717) is 0 Å². The fraction of sp³-hybridized carbons (Fsp3) is 0.375. The van der Waals surface area contributed by atoms with Crippen LogP contribution in [0.1, 0.15) is 36.4 Å². The van der Waals surface area contributed by atoms with Crippen LogP contribution in [0.25, 0.3) is 0 Å². The topological polar surface area (TPSA) is 90.1 Å². The molecule has 0 saturated heterocycles. The van der Waals surface area contributed by atoms with Gasteiger partial charge >= 0.3 is 5.82 Å². The van der Waals surface area contributed by atoms with Crippen molar-refractivity contribution in [1.29, 1.82) is 0 Å². The first-order chi connectivity index (χ1) is 11.1. The largest absolute Gasteiger partial charge is 0.389 e. The van der Waals surface area contributed by atoms with Crippen LogP contribution in [-0.4, -0.2) is 20.6 Å². The Balaban J connectivity index is 1.68. The van der Waals surface area contributed by atoms with Crippen LogP contribution in [-0.2, 0) is 17.8 Å². The predicted molar refractivity (Wildman–Crippen MR) is 83.8 cm³/mol. The van der Waals surface area contributed by atoms with Gasteiger partial charge in [-0.15, -0.1) is 0 Å². The van der Waals surface area contributed by atoms with Crippen molar-refractivity contribution in [1.82, 2.24) is 15.1 Å². The Morgan fingerprint density at radius 2 is 2.17 bits per heavy atom. The maximum atomic E-state index is 12.2. The lowest BCUT2D eigenvalue weighted by Crippen LogP contribution is -2.31. The number of rotatable bonds is 4. The van der Waals surface area contributed by atoms with Crippen molar-refractivity contribution in [3.63, 3.8) is 0 Å². The monoisotopic (exact) mass is 314 g/mol. The SMILES string of the molecule is O=C(Cn1ccc([N+](=O)[O-])n1)NC1CCCCc2ccccc21. The molecule has 2 aromatic rings. The van der Waals surface area contributed by atoms with Gasteiger partial charge in [0.05, 0.1) is 23.4 Å². The molecule has 0 fully saturated rings. The molecule has 0 radical (unpaired) electrons. The molecule has 7 nitrogen and oxygen atoms in total. The number of aromatic nitrogens is 2. The standard InChI is InChI=1S/C16H18N4O3/c21-16(11-19-10-9-15(18-19)20(22)23)17-14-8-4-2-6-12-5-1-3-7-13(12)14/h1,3,5,7,9-10,14H,2,4,6,8,11H2,(H,17,21). The summed E-state index contributed by atoms with van der Waals surface area (Å²) in [6.45, 7) is -0.0213. The maximum Gasteiger partial charge on any atom is 0.389 e. The summed E-state index contributed by atoms with van der Waals surface area (Å²) < 4.78 is 1.29. The van der Waals surface area contributed by atoms with Crippen molar-refractivity contribution < 1.29 is 9.72 Å². The van der Waals surface area contributed by atoms with Gasteiger partial charge < -0.3 is 15.4 Å². The molecule has 0 aliphatic heterocycles. The van der Waals surface area contributed by atoms with E-state index in [0.717, 1.165) is 25.7 Å². The van der Waals surface area contributed by atoms with Gasteiger partial charge in [0.1, 0.15) is 6.54 Å². The quantitative estimate of drug-likeness (QED) is 0.533. The van der Waals surface area contributed by atoms with Gasteiger partial charge in [0.15, 0.2) is 0 Å². The summed E-state index contributed by atoms with van der Waals surface area (Å²) in [5, 5.41) is 17.4. The van der Waals surface area contributed by atoms with E-state index in [2.05, 4.69) is 22.5 Å². The molecular weight excluding hydrogens is 296 g/mol. The molecule has 1 amide bonds. The molecule has 1 aromatic heterocycles. The second kappa shape index (κ2) is 6.60. The van der Waals surface area contributed by atoms with E-state index in [4.69, 9.17) is 0 Å². The number of carbonyl (C=O) groups is 1. The van der Waals surface area contributed by atoms with E-state index in [-0.39, 0.29) is 24.3 Å². The minimum absolute atomic E-state index is 0.00764. The number of nitro groups is 1. The first kappa shape index (κ1) is 15.2. The third-order valence-corrected chi connectivity index (χ3v) is 4.07. The van der Waals surface area contributed by atoms with Crippen LogP contribution in [0.3, 0.4) is 0 Å². The van der Waals surface area contributed by atoms with Crippen LogP contribution in [0, 0.1) is 10.1 Å². The minimum Gasteiger partial charge on any atom is -0.358 e. The van der Waals surface area contributed by atoms with Crippen LogP contribution in [0.2, 0.25) is 0 Å². The lowest BCUT2D eigenvalue weighted by atomic mass is 9.99. The molecule has 120 valence electrons. The molecule has 3 rings (SSSR count). The molecule has 0 spiro atoms. The lowest BCUT2D eigenvalue weighted by molar-refractivity contribution is -0.389. The van der Waals surface area contributed by atoms with Crippen LogP contribution in [0.15, 0.2) is 36.5 Å². The van der Waals surface area contributed by atoms with Crippen LogP contribution < -0.4 is 5.32 Å². The molecule has 7 heteroatoms. The number of hydrogen-bond donors (Lipinski definition) is 1. The van der Waals surface area contributed by atoms with Crippen molar-refractivity contribution in [2.45, 2.75) is 38.3 Å². The van der Waals surface area contributed by atoms with Crippen molar-refractivity contribution in [2.24, 2.45) is 0 Å². The molecule has 0 bridgehead atoms. The molecular formula is C16H18N4O3. The number of fused-ring (bicyclic) bond motifs is 1. The molecule has 1 N–H and O–H groups in total. The van der Waals surface area contributed by atoms with Crippen molar-refractivity contribution in [2.75, 3.05) is 0 Å². The van der Waals surface area contributed by atoms with E-state index in [1.165, 1.54) is 28.1 Å². The Bertz CT molecular complexity index is 726. The highest BCUT2D eigenvalue weighted by molar-refractivity contribution is 5.76. The maximum absolute atomic E-state index is 12.2. The summed E-state index contributed by atoms with van der Waals surface area (Å²) in [4.78, 5) is 22.3. The highest BCUT2D eigenvalue weighted by Gasteiger charge is 2.21. The zero-order valence-corrected chi connectivity index (χ0v) is 12.6. The fourth-order valence-electron chi connectivity index (χ4n) is 2.99. The van der Waals surface area contributed by atoms with Crippen LogP contribution in [0.5, 0.6) is 0 Å². The fourth-order valence-corrected chi connectivity index (χ4v) is 2.99. The van der Waals surface area contributed by atoms with E-state index < -0.39 is 4.92 Å². The smallest absolute Gasteiger partial charge is 0.358 e. The highest BCUT2D eigenvalue weighted by Crippen LogP contribution is 2.28. The molecule has 1 aromatic carbocycles. The summed E-state index contributed by atoms with van der Waals surface area (Å²) in [6.07, 6.45) is 5.57. The average Bonchev–Trinajstić information content (AvgIpc) is 2.90. The molecule has 1 aliphatic carbocycles. The number of carbonyl (C=O) groups excluding carboxylic acids is 1. The van der Waals surface area contributed by atoms with Gasteiger partial charge in [0, 0.05) is 0 Å². The number of benzene rings is 1. The van der Waals surface area contributed by atoms with Gasteiger partial charge in [-0.05, 0) is 35.3 Å².